The van der Waals surface area contributed by atoms with Crippen LogP contribution in [0, 0.1) is 17.3 Å². The second kappa shape index (κ2) is 10.9. The number of carbonyl (C=O) groups is 2. The van der Waals surface area contributed by atoms with E-state index in [0.717, 1.165) is 37.7 Å². The number of allylic oxidation sites excluding steroid dienone is 5. The van der Waals surface area contributed by atoms with E-state index in [9.17, 15) is 18.4 Å². The Hall–Kier alpha value is -4.69. The molecule has 42 heavy (non-hydrogen) atoms. The molecule has 1 aliphatic heterocycles. The number of aldehydes is 1. The molecule has 3 heterocycles. The minimum Gasteiger partial charge on any atom is -0.374 e. The van der Waals surface area contributed by atoms with Crippen molar-refractivity contribution in [2.45, 2.75) is 50.6 Å². The number of carbonyl (C=O) groups excluding carboxylic acids is 2. The molecule has 8 nitrogen and oxygen atoms in total. The van der Waals surface area contributed by atoms with Crippen LogP contribution < -0.4 is 10.6 Å². The van der Waals surface area contributed by atoms with Crippen molar-refractivity contribution in [2.75, 3.05) is 5.32 Å². The summed E-state index contributed by atoms with van der Waals surface area (Å²) >= 11 is 1.27. The summed E-state index contributed by atoms with van der Waals surface area (Å²) in [5, 5.41) is 16.7. The van der Waals surface area contributed by atoms with Gasteiger partial charge in [0.25, 0.3) is 12.3 Å². The summed E-state index contributed by atoms with van der Waals surface area (Å²) in [5.41, 5.74) is 2.90. The molecule has 1 atom stereocenters. The second-order valence-electron chi connectivity index (χ2n) is 10.5. The third kappa shape index (κ3) is 5.10. The lowest BCUT2D eigenvalue weighted by atomic mass is 9.87. The molecule has 2 aromatic heterocycles. The van der Waals surface area contributed by atoms with Gasteiger partial charge in [0.2, 0.25) is 0 Å². The fourth-order valence-electron chi connectivity index (χ4n) is 5.37. The third-order valence-corrected chi connectivity index (χ3v) is 8.63. The highest BCUT2D eigenvalue weighted by molar-refractivity contribution is 7.13. The molecular formula is C31H26F2N6O2S. The monoisotopic (exact) mass is 584 g/mol. The number of aromatic nitrogens is 3. The minimum absolute atomic E-state index is 0.0232. The number of amides is 1. The Morgan fingerprint density at radius 2 is 1.98 bits per heavy atom. The number of anilines is 1. The molecule has 1 amide bonds. The zero-order valence-electron chi connectivity index (χ0n) is 22.6. The van der Waals surface area contributed by atoms with Crippen LogP contribution in [0.5, 0.6) is 0 Å². The summed E-state index contributed by atoms with van der Waals surface area (Å²) in [6.07, 6.45) is 7.68. The summed E-state index contributed by atoms with van der Waals surface area (Å²) in [4.78, 5) is 33.1. The molecule has 1 aromatic carbocycles. The van der Waals surface area contributed by atoms with Crippen LogP contribution >= 0.6 is 11.3 Å². The first kappa shape index (κ1) is 27.5. The van der Waals surface area contributed by atoms with Gasteiger partial charge in [0.1, 0.15) is 6.29 Å². The van der Waals surface area contributed by atoms with E-state index in [1.165, 1.54) is 23.6 Å². The average Bonchev–Trinajstić information content (AvgIpc) is 3.27. The van der Waals surface area contributed by atoms with Gasteiger partial charge in [0.05, 0.1) is 17.7 Å². The van der Waals surface area contributed by atoms with Gasteiger partial charge >= 0.3 is 0 Å². The van der Waals surface area contributed by atoms with Crippen LogP contribution in [0.1, 0.15) is 59.5 Å². The SMILES string of the molecule is CC1=C(C#Cc2ccc(C=O)cc2)C=C(C(F)F)/C(=C/NC(C(=O)Nc2nccs2)c2ncn3c2CCC32CC2)C1=N. The number of nitrogens with zero attached hydrogens (tertiary/aromatic N) is 3. The highest BCUT2D eigenvalue weighted by Gasteiger charge is 2.50. The molecular weight excluding hydrogens is 558 g/mol. The number of hydrogen-bond donors (Lipinski definition) is 3. The van der Waals surface area contributed by atoms with Crippen LogP contribution in [0.25, 0.3) is 0 Å². The number of thiazole rings is 1. The van der Waals surface area contributed by atoms with Crippen molar-refractivity contribution in [3.05, 3.63) is 99.3 Å². The van der Waals surface area contributed by atoms with Crippen LogP contribution in [-0.2, 0) is 16.8 Å². The maximum Gasteiger partial charge on any atom is 0.264 e. The molecule has 3 aliphatic rings. The molecule has 11 heteroatoms. The number of fused-ring (bicyclic) bond motifs is 2. The molecule has 1 spiro atoms. The number of rotatable bonds is 7. The molecule has 0 bridgehead atoms. The number of hydrogen-bond acceptors (Lipinski definition) is 7. The minimum atomic E-state index is -2.88. The van der Waals surface area contributed by atoms with Crippen LogP contribution in [-0.4, -0.2) is 38.9 Å². The Morgan fingerprint density at radius 3 is 2.64 bits per heavy atom. The van der Waals surface area contributed by atoms with E-state index in [2.05, 4.69) is 37.0 Å². The summed E-state index contributed by atoms with van der Waals surface area (Å²) in [6.45, 7) is 1.65. The molecule has 0 saturated heterocycles. The predicted octanol–water partition coefficient (Wildman–Crippen LogP) is 5.33. The lowest BCUT2D eigenvalue weighted by Crippen LogP contribution is -2.32. The zero-order chi connectivity index (χ0) is 29.4. The van der Waals surface area contributed by atoms with Gasteiger partial charge in [-0.2, -0.15) is 0 Å². The highest BCUT2D eigenvalue weighted by Crippen LogP contribution is 2.52. The van der Waals surface area contributed by atoms with E-state index in [-0.39, 0.29) is 22.4 Å². The molecule has 3 aromatic rings. The standard InChI is InChI=1S/C31H26F2N6O2S/c1-18-21(7-6-19-2-4-20(16-40)5-3-19)14-22(28(32)33)23(25(18)34)15-36-27(29(41)38-30-35-12-13-42-30)26-24-8-9-31(10-11-31)39(24)17-37-26/h2-5,12-17,27-28,34,36H,8-11H2,1H3,(H,35,38,41)/b23-15-,34-25?. The first-order chi connectivity index (χ1) is 20.3. The number of halogens is 2. The molecule has 6 rings (SSSR count). The Kier molecular flexibility index (Phi) is 7.16. The van der Waals surface area contributed by atoms with E-state index >= 15 is 0 Å². The van der Waals surface area contributed by atoms with Gasteiger partial charge in [0.15, 0.2) is 11.2 Å². The van der Waals surface area contributed by atoms with Crippen LogP contribution in [0.3, 0.4) is 0 Å². The first-order valence-electron chi connectivity index (χ1n) is 13.4. The highest BCUT2D eigenvalue weighted by atomic mass is 32.1. The van der Waals surface area contributed by atoms with E-state index in [1.54, 1.807) is 49.1 Å². The fraction of sp³-hybridized carbons (Fsp3) is 0.258. The van der Waals surface area contributed by atoms with Crippen molar-refractivity contribution >= 4 is 34.4 Å². The molecule has 2 aliphatic carbocycles. The molecule has 1 fully saturated rings. The topological polar surface area (TPSA) is 113 Å². The van der Waals surface area contributed by atoms with Crippen molar-refractivity contribution in [3.8, 4) is 11.8 Å². The number of alkyl halides is 2. The summed E-state index contributed by atoms with van der Waals surface area (Å²) in [5.74, 6) is 5.38. The summed E-state index contributed by atoms with van der Waals surface area (Å²) in [7, 11) is 0. The van der Waals surface area contributed by atoms with Gasteiger partial charge in [-0.15, -0.1) is 11.3 Å². The Labute approximate surface area is 244 Å². The van der Waals surface area contributed by atoms with Gasteiger partial charge in [-0.3, -0.25) is 20.3 Å². The lowest BCUT2D eigenvalue weighted by molar-refractivity contribution is -0.118. The molecule has 0 radical (unpaired) electrons. The lowest BCUT2D eigenvalue weighted by Gasteiger charge is -2.22. The Morgan fingerprint density at radius 1 is 1.19 bits per heavy atom. The normalized spacial score (nSPS) is 18.4. The first-order valence-corrected chi connectivity index (χ1v) is 14.3. The quantitative estimate of drug-likeness (QED) is 0.257. The maximum atomic E-state index is 14.3. The summed E-state index contributed by atoms with van der Waals surface area (Å²) in [6, 6.07) is 5.59. The predicted molar refractivity (Wildman–Crippen MR) is 156 cm³/mol. The van der Waals surface area contributed by atoms with Crippen LogP contribution in [0.4, 0.5) is 13.9 Å². The molecule has 1 unspecified atom stereocenters. The van der Waals surface area contributed by atoms with E-state index in [1.807, 2.05) is 0 Å². The van der Waals surface area contributed by atoms with Gasteiger partial charge in [-0.1, -0.05) is 24.0 Å². The second-order valence-corrected chi connectivity index (χ2v) is 11.4. The van der Waals surface area contributed by atoms with Crippen molar-refractivity contribution in [3.63, 3.8) is 0 Å². The van der Waals surface area contributed by atoms with Gasteiger partial charge in [0, 0.05) is 56.9 Å². The van der Waals surface area contributed by atoms with Crippen molar-refractivity contribution < 1.29 is 18.4 Å². The molecule has 3 N–H and O–H groups in total. The van der Waals surface area contributed by atoms with E-state index < -0.39 is 18.4 Å². The van der Waals surface area contributed by atoms with Gasteiger partial charge in [-0.25, -0.2) is 18.7 Å². The Bertz CT molecular complexity index is 1740. The average molecular weight is 585 g/mol. The third-order valence-electron chi connectivity index (χ3n) is 7.94. The summed E-state index contributed by atoms with van der Waals surface area (Å²) < 4.78 is 30.8. The smallest absolute Gasteiger partial charge is 0.264 e. The largest absolute Gasteiger partial charge is 0.374 e. The zero-order valence-corrected chi connectivity index (χ0v) is 23.4. The molecule has 212 valence electrons. The van der Waals surface area contributed by atoms with Gasteiger partial charge < -0.3 is 9.88 Å². The van der Waals surface area contributed by atoms with Crippen LogP contribution in [0.2, 0.25) is 0 Å². The van der Waals surface area contributed by atoms with E-state index in [0.29, 0.717) is 33.1 Å². The molecule has 1 saturated carbocycles. The Balaban J connectivity index is 1.31. The van der Waals surface area contributed by atoms with Gasteiger partial charge in [-0.05, 0) is 56.4 Å². The number of nitrogens with one attached hydrogen (secondary N) is 3. The number of benzene rings is 1. The van der Waals surface area contributed by atoms with E-state index in [4.69, 9.17) is 5.41 Å². The van der Waals surface area contributed by atoms with Crippen molar-refractivity contribution in [1.29, 1.82) is 5.41 Å². The maximum absolute atomic E-state index is 14.3. The fourth-order valence-corrected chi connectivity index (χ4v) is 5.91. The number of imidazole rings is 1. The van der Waals surface area contributed by atoms with Crippen molar-refractivity contribution in [2.24, 2.45) is 0 Å². The van der Waals surface area contributed by atoms with Crippen LogP contribution in [0.15, 0.2) is 76.7 Å². The van der Waals surface area contributed by atoms with Crippen molar-refractivity contribution in [1.82, 2.24) is 19.9 Å².